The van der Waals surface area contributed by atoms with Crippen LogP contribution in [-0.2, 0) is 4.79 Å². The molecule has 0 saturated heterocycles. The van der Waals surface area contributed by atoms with Gasteiger partial charge in [-0.15, -0.1) is 0 Å². The van der Waals surface area contributed by atoms with Crippen LogP contribution in [0.3, 0.4) is 0 Å². The number of nitrogens with zero attached hydrogens (tertiary/aromatic N) is 2. The zero-order chi connectivity index (χ0) is 13.9. The number of hydrogen-bond acceptors (Lipinski definition) is 5. The van der Waals surface area contributed by atoms with Crippen molar-refractivity contribution in [2.24, 2.45) is 0 Å². The van der Waals surface area contributed by atoms with Gasteiger partial charge in [-0.2, -0.15) is 0 Å². The topological polar surface area (TPSA) is 102 Å². The molecule has 0 aromatic carbocycles. The van der Waals surface area contributed by atoms with Gasteiger partial charge in [0.25, 0.3) is 11.6 Å². The molecule has 0 aliphatic carbocycles. The fourth-order valence-electron chi connectivity index (χ4n) is 1.15. The van der Waals surface area contributed by atoms with Crippen molar-refractivity contribution in [3.8, 4) is 0 Å². The fourth-order valence-corrected chi connectivity index (χ4v) is 1.49. The van der Waals surface area contributed by atoms with Crippen LogP contribution in [0, 0.1) is 10.1 Å². The van der Waals surface area contributed by atoms with Crippen LogP contribution in [0.1, 0.15) is 27.8 Å². The van der Waals surface area contributed by atoms with Crippen molar-refractivity contribution >= 4 is 40.7 Å². The van der Waals surface area contributed by atoms with E-state index < -0.39 is 27.3 Å². The number of hydrogen-bond donors (Lipinski definition) is 1. The predicted molar refractivity (Wildman–Crippen MR) is 63.5 cm³/mol. The first kappa shape index (κ1) is 14.3. The summed E-state index contributed by atoms with van der Waals surface area (Å²) in [4.78, 5) is 34.8. The molecule has 18 heavy (non-hydrogen) atoms. The molecule has 1 aromatic rings. The normalized spacial score (nSPS) is 10.2. The van der Waals surface area contributed by atoms with Crippen LogP contribution in [0.2, 0.25) is 0 Å². The Morgan fingerprint density at radius 1 is 1.50 bits per heavy atom. The van der Waals surface area contributed by atoms with E-state index in [4.69, 9.17) is 23.2 Å². The van der Waals surface area contributed by atoms with E-state index >= 15 is 0 Å². The van der Waals surface area contributed by atoms with Gasteiger partial charge in [-0.3, -0.25) is 30.0 Å². The van der Waals surface area contributed by atoms with Crippen molar-refractivity contribution < 1.29 is 14.5 Å². The Balaban J connectivity index is 3.27. The fraction of sp³-hybridized carbons (Fsp3) is 0.222. The summed E-state index contributed by atoms with van der Waals surface area (Å²) in [5.41, 5.74) is -0.668. The third kappa shape index (κ3) is 3.38. The SMILES string of the molecule is CC(=O)NC(=O)c1cc([N+](=O)[O-])cnc1C(Cl)Cl. The number of halogens is 2. The van der Waals surface area contributed by atoms with Crippen molar-refractivity contribution in [1.82, 2.24) is 10.3 Å². The van der Waals surface area contributed by atoms with E-state index in [2.05, 4.69) is 4.98 Å². The van der Waals surface area contributed by atoms with Crippen LogP contribution in [0.25, 0.3) is 0 Å². The van der Waals surface area contributed by atoms with Crippen LogP contribution in [0.4, 0.5) is 5.69 Å². The molecular weight excluding hydrogens is 285 g/mol. The van der Waals surface area contributed by atoms with E-state index in [1.807, 2.05) is 5.32 Å². The molecule has 0 aliphatic rings. The van der Waals surface area contributed by atoms with Gasteiger partial charge in [-0.05, 0) is 0 Å². The predicted octanol–water partition coefficient (Wildman–Crippen LogP) is 1.74. The molecule has 0 aliphatic heterocycles. The Hall–Kier alpha value is -1.73. The quantitative estimate of drug-likeness (QED) is 0.519. The van der Waals surface area contributed by atoms with Crippen LogP contribution in [0.5, 0.6) is 0 Å². The summed E-state index contributed by atoms with van der Waals surface area (Å²) >= 11 is 11.2. The molecule has 1 rings (SSSR count). The smallest absolute Gasteiger partial charge is 0.288 e. The monoisotopic (exact) mass is 291 g/mol. The Labute approximate surface area is 111 Å². The maximum absolute atomic E-state index is 11.6. The number of carbonyl (C=O) groups is 2. The largest absolute Gasteiger partial charge is 0.293 e. The third-order valence-electron chi connectivity index (χ3n) is 1.86. The van der Waals surface area contributed by atoms with Crippen molar-refractivity contribution in [2.45, 2.75) is 11.8 Å². The molecule has 1 heterocycles. The van der Waals surface area contributed by atoms with E-state index in [0.29, 0.717) is 0 Å². The molecule has 0 unspecified atom stereocenters. The van der Waals surface area contributed by atoms with E-state index in [0.717, 1.165) is 19.2 Å². The zero-order valence-corrected chi connectivity index (χ0v) is 10.5. The van der Waals surface area contributed by atoms with Gasteiger partial charge in [0.15, 0.2) is 0 Å². The summed E-state index contributed by atoms with van der Waals surface area (Å²) in [6, 6.07) is 0.957. The Morgan fingerprint density at radius 3 is 2.56 bits per heavy atom. The first-order valence-corrected chi connectivity index (χ1v) is 5.44. The lowest BCUT2D eigenvalue weighted by Gasteiger charge is -2.07. The molecule has 1 aromatic heterocycles. The zero-order valence-electron chi connectivity index (χ0n) is 9.02. The Bertz CT molecular complexity index is 519. The van der Waals surface area contributed by atoms with Crippen LogP contribution >= 0.6 is 23.2 Å². The second kappa shape index (κ2) is 5.74. The van der Waals surface area contributed by atoms with Gasteiger partial charge in [-0.1, -0.05) is 23.2 Å². The van der Waals surface area contributed by atoms with Crippen LogP contribution < -0.4 is 5.32 Å². The number of nitrogens with one attached hydrogen (secondary N) is 1. The molecule has 0 fully saturated rings. The summed E-state index contributed by atoms with van der Waals surface area (Å²) in [6.45, 7) is 1.13. The molecule has 96 valence electrons. The molecule has 0 saturated carbocycles. The van der Waals surface area contributed by atoms with Crippen molar-refractivity contribution in [3.05, 3.63) is 33.6 Å². The van der Waals surface area contributed by atoms with E-state index in [9.17, 15) is 19.7 Å². The van der Waals surface area contributed by atoms with E-state index in [1.54, 1.807) is 0 Å². The van der Waals surface area contributed by atoms with E-state index in [1.165, 1.54) is 0 Å². The highest BCUT2D eigenvalue weighted by atomic mass is 35.5. The first-order valence-electron chi connectivity index (χ1n) is 4.57. The molecular formula is C9H7Cl2N3O4. The van der Waals surface area contributed by atoms with E-state index in [-0.39, 0.29) is 11.3 Å². The lowest BCUT2D eigenvalue weighted by atomic mass is 10.2. The van der Waals surface area contributed by atoms with Gasteiger partial charge in [0.05, 0.1) is 16.2 Å². The molecule has 0 atom stereocenters. The molecule has 2 amide bonds. The third-order valence-corrected chi connectivity index (χ3v) is 2.27. The van der Waals surface area contributed by atoms with Gasteiger partial charge >= 0.3 is 0 Å². The molecule has 9 heteroatoms. The maximum atomic E-state index is 11.6. The summed E-state index contributed by atoms with van der Waals surface area (Å²) in [6.07, 6.45) is 0.928. The standard InChI is InChI=1S/C9H7Cl2N3O4/c1-4(15)13-9(16)6-2-5(14(17)18)3-12-7(6)8(10)11/h2-3,8H,1H3,(H,13,15,16). The highest BCUT2D eigenvalue weighted by Gasteiger charge is 2.22. The summed E-state index contributed by atoms with van der Waals surface area (Å²) in [5, 5.41) is 12.5. The minimum atomic E-state index is -1.14. The number of nitro groups is 1. The van der Waals surface area contributed by atoms with Gasteiger partial charge in [0.2, 0.25) is 5.91 Å². The summed E-state index contributed by atoms with van der Waals surface area (Å²) in [5.74, 6) is -1.46. The average Bonchev–Trinajstić information content (AvgIpc) is 2.26. The minimum Gasteiger partial charge on any atom is -0.293 e. The molecule has 0 spiro atoms. The number of aromatic nitrogens is 1. The van der Waals surface area contributed by atoms with Gasteiger partial charge in [0, 0.05) is 13.0 Å². The Morgan fingerprint density at radius 2 is 2.11 bits per heavy atom. The second-order valence-corrected chi connectivity index (χ2v) is 4.29. The molecule has 1 N–H and O–H groups in total. The number of imide groups is 1. The lowest BCUT2D eigenvalue weighted by Crippen LogP contribution is -2.29. The van der Waals surface area contributed by atoms with Gasteiger partial charge in [0.1, 0.15) is 11.0 Å². The molecule has 7 nitrogen and oxygen atoms in total. The van der Waals surface area contributed by atoms with Crippen LogP contribution in [0.15, 0.2) is 12.3 Å². The van der Waals surface area contributed by atoms with Crippen molar-refractivity contribution in [2.75, 3.05) is 0 Å². The summed E-state index contributed by atoms with van der Waals surface area (Å²) in [7, 11) is 0. The number of alkyl halides is 2. The number of pyridine rings is 1. The number of carbonyl (C=O) groups excluding carboxylic acids is 2. The lowest BCUT2D eigenvalue weighted by molar-refractivity contribution is -0.385. The number of rotatable bonds is 3. The van der Waals surface area contributed by atoms with Crippen molar-refractivity contribution in [3.63, 3.8) is 0 Å². The van der Waals surface area contributed by atoms with Gasteiger partial charge in [-0.25, -0.2) is 0 Å². The minimum absolute atomic E-state index is 0.0531. The van der Waals surface area contributed by atoms with Crippen LogP contribution in [-0.4, -0.2) is 21.7 Å². The Kier molecular flexibility index (Phi) is 4.57. The first-order chi connectivity index (χ1) is 8.32. The summed E-state index contributed by atoms with van der Waals surface area (Å²) < 4.78 is 0. The highest BCUT2D eigenvalue weighted by Crippen LogP contribution is 2.28. The second-order valence-electron chi connectivity index (χ2n) is 3.19. The highest BCUT2D eigenvalue weighted by molar-refractivity contribution is 6.44. The molecule has 0 radical (unpaired) electrons. The average molecular weight is 292 g/mol. The molecule has 0 bridgehead atoms. The number of amides is 2. The maximum Gasteiger partial charge on any atom is 0.288 e. The van der Waals surface area contributed by atoms with Crippen molar-refractivity contribution in [1.29, 1.82) is 0 Å². The van der Waals surface area contributed by atoms with Gasteiger partial charge < -0.3 is 0 Å².